The fourth-order valence-corrected chi connectivity index (χ4v) is 2.27. The van der Waals surface area contributed by atoms with E-state index < -0.39 is 0 Å². The van der Waals surface area contributed by atoms with Crippen molar-refractivity contribution in [2.45, 2.75) is 18.2 Å². The maximum atomic E-state index is 6.56. The van der Waals surface area contributed by atoms with E-state index in [0.29, 0.717) is 0 Å². The lowest BCUT2D eigenvalue weighted by molar-refractivity contribution is 0.407. The third-order valence-electron chi connectivity index (χ3n) is 3.03. The molecule has 0 saturated carbocycles. The topological polar surface area (TPSA) is 22.1 Å². The van der Waals surface area contributed by atoms with E-state index in [1.807, 2.05) is 42.5 Å². The highest BCUT2D eigenvalue weighted by atomic mass is 35.5. The van der Waals surface area contributed by atoms with Crippen molar-refractivity contribution in [1.82, 2.24) is 4.98 Å². The van der Waals surface area contributed by atoms with E-state index in [-0.39, 0.29) is 11.3 Å². The Kier molecular flexibility index (Phi) is 4.21. The minimum absolute atomic E-state index is 0.129. The molecule has 2 unspecified atom stereocenters. The molecule has 94 valence electrons. The summed E-state index contributed by atoms with van der Waals surface area (Å²) >= 11 is 6.56. The Labute approximate surface area is 113 Å². The van der Waals surface area contributed by atoms with Gasteiger partial charge >= 0.3 is 0 Å². The Bertz CT molecular complexity index is 501. The average Bonchev–Trinajstić information content (AvgIpc) is 2.46. The highest BCUT2D eigenvalue weighted by molar-refractivity contribution is 6.21. The van der Waals surface area contributed by atoms with Gasteiger partial charge < -0.3 is 4.74 Å². The van der Waals surface area contributed by atoms with Gasteiger partial charge in [-0.3, -0.25) is 4.98 Å². The fourth-order valence-electron chi connectivity index (χ4n) is 1.96. The first-order valence-corrected chi connectivity index (χ1v) is 6.35. The van der Waals surface area contributed by atoms with E-state index in [9.17, 15) is 0 Å². The molecule has 0 aliphatic heterocycles. The molecule has 0 saturated heterocycles. The summed E-state index contributed by atoms with van der Waals surface area (Å²) in [6.07, 6.45) is 1.79. The molecule has 0 amide bonds. The zero-order valence-corrected chi connectivity index (χ0v) is 11.3. The summed E-state index contributed by atoms with van der Waals surface area (Å²) in [7, 11) is 1.66. The van der Waals surface area contributed by atoms with Gasteiger partial charge in [-0.1, -0.05) is 31.2 Å². The second-order valence-electron chi connectivity index (χ2n) is 4.19. The summed E-state index contributed by atoms with van der Waals surface area (Å²) in [4.78, 5) is 4.36. The van der Waals surface area contributed by atoms with E-state index in [1.54, 1.807) is 13.3 Å². The fraction of sp³-hybridized carbons (Fsp3) is 0.267. The molecule has 2 rings (SSSR count). The smallest absolute Gasteiger partial charge is 0.123 e. The third-order valence-corrected chi connectivity index (χ3v) is 3.64. The van der Waals surface area contributed by atoms with Crippen LogP contribution in [-0.4, -0.2) is 12.1 Å². The molecular formula is C15H16ClNO. The van der Waals surface area contributed by atoms with Gasteiger partial charge in [0.25, 0.3) is 0 Å². The molecule has 1 aromatic heterocycles. The van der Waals surface area contributed by atoms with Gasteiger partial charge in [0.2, 0.25) is 0 Å². The number of hydrogen-bond acceptors (Lipinski definition) is 2. The van der Waals surface area contributed by atoms with Crippen LogP contribution in [-0.2, 0) is 0 Å². The van der Waals surface area contributed by atoms with E-state index in [2.05, 4.69) is 11.9 Å². The summed E-state index contributed by atoms with van der Waals surface area (Å²) in [5.41, 5.74) is 1.99. The van der Waals surface area contributed by atoms with Crippen molar-refractivity contribution in [2.75, 3.05) is 7.11 Å². The van der Waals surface area contributed by atoms with Crippen molar-refractivity contribution in [3.63, 3.8) is 0 Å². The number of ether oxygens (including phenoxy) is 1. The van der Waals surface area contributed by atoms with E-state index in [1.165, 1.54) is 0 Å². The molecular weight excluding hydrogens is 246 g/mol. The second-order valence-corrected chi connectivity index (χ2v) is 4.66. The second kappa shape index (κ2) is 5.87. The standard InChI is InChI=1S/C15H16ClNO/c1-11(13-8-5-6-10-17-13)15(16)12-7-3-4-9-14(12)18-2/h3-11,15H,1-2H3. The first kappa shape index (κ1) is 12.9. The lowest BCUT2D eigenvalue weighted by Crippen LogP contribution is -2.05. The molecule has 0 bridgehead atoms. The van der Waals surface area contributed by atoms with Crippen LogP contribution in [0.25, 0.3) is 0 Å². The van der Waals surface area contributed by atoms with Gasteiger partial charge in [0, 0.05) is 23.4 Å². The van der Waals surface area contributed by atoms with Crippen molar-refractivity contribution in [3.05, 3.63) is 59.9 Å². The maximum Gasteiger partial charge on any atom is 0.123 e. The van der Waals surface area contributed by atoms with Crippen molar-refractivity contribution in [3.8, 4) is 5.75 Å². The Morgan fingerprint density at radius 2 is 1.83 bits per heavy atom. The van der Waals surface area contributed by atoms with Crippen molar-refractivity contribution >= 4 is 11.6 Å². The van der Waals surface area contributed by atoms with Gasteiger partial charge in [-0.05, 0) is 18.2 Å². The molecule has 3 heteroatoms. The van der Waals surface area contributed by atoms with Crippen LogP contribution in [0.3, 0.4) is 0 Å². The Balaban J connectivity index is 2.28. The summed E-state index contributed by atoms with van der Waals surface area (Å²) in [6, 6.07) is 13.7. The van der Waals surface area contributed by atoms with Crippen LogP contribution in [0.15, 0.2) is 48.7 Å². The molecule has 2 aromatic rings. The van der Waals surface area contributed by atoms with Gasteiger partial charge in [-0.2, -0.15) is 0 Å². The van der Waals surface area contributed by atoms with Gasteiger partial charge in [0.05, 0.1) is 12.5 Å². The Morgan fingerprint density at radius 3 is 2.50 bits per heavy atom. The molecule has 0 N–H and O–H groups in total. The quantitative estimate of drug-likeness (QED) is 0.771. The number of alkyl halides is 1. The lowest BCUT2D eigenvalue weighted by atomic mass is 9.96. The van der Waals surface area contributed by atoms with Gasteiger partial charge in [-0.25, -0.2) is 0 Å². The first-order valence-electron chi connectivity index (χ1n) is 5.92. The Morgan fingerprint density at radius 1 is 1.11 bits per heavy atom. The van der Waals surface area contributed by atoms with Crippen molar-refractivity contribution < 1.29 is 4.74 Å². The molecule has 2 atom stereocenters. The number of para-hydroxylation sites is 1. The first-order chi connectivity index (χ1) is 8.74. The molecule has 1 heterocycles. The molecule has 0 fully saturated rings. The average molecular weight is 262 g/mol. The van der Waals surface area contributed by atoms with E-state index in [4.69, 9.17) is 16.3 Å². The summed E-state index contributed by atoms with van der Waals surface area (Å²) in [5.74, 6) is 0.949. The number of aromatic nitrogens is 1. The van der Waals surface area contributed by atoms with Gasteiger partial charge in [0.15, 0.2) is 0 Å². The van der Waals surface area contributed by atoms with Gasteiger partial charge in [0.1, 0.15) is 5.75 Å². The number of nitrogens with zero attached hydrogens (tertiary/aromatic N) is 1. The van der Waals surface area contributed by atoms with Crippen molar-refractivity contribution in [1.29, 1.82) is 0 Å². The molecule has 0 spiro atoms. The van der Waals surface area contributed by atoms with Crippen LogP contribution in [0.2, 0.25) is 0 Å². The molecule has 1 aromatic carbocycles. The van der Waals surface area contributed by atoms with Crippen LogP contribution < -0.4 is 4.74 Å². The van der Waals surface area contributed by atoms with Gasteiger partial charge in [-0.15, -0.1) is 11.6 Å². The zero-order chi connectivity index (χ0) is 13.0. The summed E-state index contributed by atoms with van der Waals surface area (Å²) < 4.78 is 5.35. The lowest BCUT2D eigenvalue weighted by Gasteiger charge is -2.19. The number of benzene rings is 1. The minimum Gasteiger partial charge on any atom is -0.496 e. The predicted molar refractivity (Wildman–Crippen MR) is 74.2 cm³/mol. The molecule has 0 aliphatic rings. The molecule has 18 heavy (non-hydrogen) atoms. The van der Waals surface area contributed by atoms with Crippen LogP contribution in [0, 0.1) is 0 Å². The summed E-state index contributed by atoms with van der Waals surface area (Å²) in [6.45, 7) is 2.08. The SMILES string of the molecule is COc1ccccc1C(Cl)C(C)c1ccccn1. The normalized spacial score (nSPS) is 13.9. The monoisotopic (exact) mass is 261 g/mol. The Hall–Kier alpha value is -1.54. The minimum atomic E-state index is -0.156. The predicted octanol–water partition coefficient (Wildman–Crippen LogP) is 4.17. The highest BCUT2D eigenvalue weighted by Crippen LogP contribution is 2.39. The largest absolute Gasteiger partial charge is 0.496 e. The highest BCUT2D eigenvalue weighted by Gasteiger charge is 2.22. The number of methoxy groups -OCH3 is 1. The van der Waals surface area contributed by atoms with Crippen LogP contribution in [0.5, 0.6) is 5.75 Å². The number of pyridine rings is 1. The number of halogens is 1. The number of rotatable bonds is 4. The van der Waals surface area contributed by atoms with E-state index >= 15 is 0 Å². The zero-order valence-electron chi connectivity index (χ0n) is 10.5. The van der Waals surface area contributed by atoms with Crippen molar-refractivity contribution in [2.24, 2.45) is 0 Å². The molecule has 0 aliphatic carbocycles. The third kappa shape index (κ3) is 2.65. The van der Waals surface area contributed by atoms with Crippen LogP contribution >= 0.6 is 11.6 Å². The number of hydrogen-bond donors (Lipinski definition) is 0. The van der Waals surface area contributed by atoms with E-state index in [0.717, 1.165) is 17.0 Å². The van der Waals surface area contributed by atoms with Crippen LogP contribution in [0.1, 0.15) is 29.5 Å². The molecule has 2 nitrogen and oxygen atoms in total. The molecule has 0 radical (unpaired) electrons. The maximum absolute atomic E-state index is 6.56. The summed E-state index contributed by atoms with van der Waals surface area (Å²) in [5, 5.41) is -0.156. The van der Waals surface area contributed by atoms with Crippen LogP contribution in [0.4, 0.5) is 0 Å².